The summed E-state index contributed by atoms with van der Waals surface area (Å²) >= 11 is 0. The molecule has 0 radical (unpaired) electrons. The Labute approximate surface area is 205 Å². The van der Waals surface area contributed by atoms with Gasteiger partial charge in [0, 0.05) is 12.5 Å². The Morgan fingerprint density at radius 3 is 2.17 bits per heavy atom. The van der Waals surface area contributed by atoms with Gasteiger partial charge in [-0.3, -0.25) is 4.79 Å². The first-order chi connectivity index (χ1) is 17.1. The molecule has 0 spiro atoms. The van der Waals surface area contributed by atoms with Crippen LogP contribution >= 0.6 is 0 Å². The summed E-state index contributed by atoms with van der Waals surface area (Å²) in [6.45, 7) is 4.23. The van der Waals surface area contributed by atoms with Crippen molar-refractivity contribution in [2.24, 2.45) is 11.8 Å². The molecule has 1 saturated carbocycles. The number of rotatable bonds is 6. The maximum Gasteiger partial charge on any atom is 0.223 e. The number of benzene rings is 2. The maximum atomic E-state index is 13.0. The average molecular weight is 466 g/mol. The number of aromatic nitrogens is 4. The molecule has 1 aliphatic heterocycles. The van der Waals surface area contributed by atoms with Gasteiger partial charge in [-0.05, 0) is 53.4 Å². The van der Waals surface area contributed by atoms with Crippen molar-refractivity contribution in [3.63, 3.8) is 0 Å². The van der Waals surface area contributed by atoms with E-state index in [1.807, 2.05) is 12.4 Å². The Balaban J connectivity index is 1.20. The molecule has 6 rings (SSSR count). The third kappa shape index (κ3) is 4.07. The minimum atomic E-state index is 0.0696. The Kier molecular flexibility index (Phi) is 5.51. The Morgan fingerprint density at radius 2 is 1.60 bits per heavy atom. The smallest absolute Gasteiger partial charge is 0.223 e. The zero-order valence-electron chi connectivity index (χ0n) is 20.2. The van der Waals surface area contributed by atoms with Gasteiger partial charge >= 0.3 is 0 Å². The normalized spacial score (nSPS) is 21.2. The average Bonchev–Trinajstić information content (AvgIpc) is 3.59. The topological polar surface area (TPSA) is 77.7 Å². The van der Waals surface area contributed by atoms with Crippen LogP contribution in [0.2, 0.25) is 0 Å². The summed E-state index contributed by atoms with van der Waals surface area (Å²) < 4.78 is 0. The zero-order valence-corrected chi connectivity index (χ0v) is 20.2. The van der Waals surface area contributed by atoms with Gasteiger partial charge in [0.1, 0.15) is 5.82 Å². The molecule has 3 heterocycles. The van der Waals surface area contributed by atoms with Gasteiger partial charge in [-0.1, -0.05) is 62.4 Å². The summed E-state index contributed by atoms with van der Waals surface area (Å²) in [4.78, 5) is 30.7. The quantitative estimate of drug-likeness (QED) is 0.354. The highest BCUT2D eigenvalue weighted by Gasteiger charge is 2.49. The van der Waals surface area contributed by atoms with Crippen molar-refractivity contribution in [3.8, 4) is 33.6 Å². The van der Waals surface area contributed by atoms with E-state index >= 15 is 0 Å². The van der Waals surface area contributed by atoms with Crippen LogP contribution in [0.1, 0.15) is 51.4 Å². The van der Waals surface area contributed by atoms with Gasteiger partial charge in [-0.2, -0.15) is 0 Å². The molecule has 35 heavy (non-hydrogen) atoms. The lowest BCUT2D eigenvalue weighted by Crippen LogP contribution is -2.44. The Bertz CT molecular complexity index is 1300. The third-order valence-corrected chi connectivity index (χ3v) is 7.60. The first-order valence-electron chi connectivity index (χ1n) is 12.6. The first-order valence-corrected chi connectivity index (χ1v) is 12.6. The van der Waals surface area contributed by atoms with Crippen LogP contribution in [0.15, 0.2) is 67.3 Å². The summed E-state index contributed by atoms with van der Waals surface area (Å²) in [5.74, 6) is 2.20. The van der Waals surface area contributed by atoms with Gasteiger partial charge in [0.2, 0.25) is 5.91 Å². The maximum absolute atomic E-state index is 13.0. The molecule has 1 saturated heterocycles. The highest BCUT2D eigenvalue weighted by Crippen LogP contribution is 2.49. The number of likely N-dealkylation sites (tertiary alicyclic amines) is 1. The fourth-order valence-electron chi connectivity index (χ4n) is 5.63. The molecule has 3 atom stereocenters. The minimum Gasteiger partial charge on any atom is -0.345 e. The lowest BCUT2D eigenvalue weighted by Gasteiger charge is -2.37. The number of carbonyl (C=O) groups excluding carboxylic acids is 1. The summed E-state index contributed by atoms with van der Waals surface area (Å²) in [5.41, 5.74) is 6.57. The predicted molar refractivity (Wildman–Crippen MR) is 137 cm³/mol. The summed E-state index contributed by atoms with van der Waals surface area (Å²) in [6.07, 6.45) is 9.42. The molecule has 0 bridgehead atoms. The Hall–Kier alpha value is -3.67. The van der Waals surface area contributed by atoms with Gasteiger partial charge in [0.05, 0.1) is 36.2 Å². The second-order valence-electron chi connectivity index (χ2n) is 10.4. The van der Waals surface area contributed by atoms with Gasteiger partial charge in [0.15, 0.2) is 0 Å². The van der Waals surface area contributed by atoms with E-state index in [4.69, 9.17) is 4.98 Å². The van der Waals surface area contributed by atoms with E-state index in [-0.39, 0.29) is 11.9 Å². The van der Waals surface area contributed by atoms with Crippen molar-refractivity contribution in [2.75, 3.05) is 0 Å². The number of fused-ring (bicyclic) bond motifs is 1. The third-order valence-electron chi connectivity index (χ3n) is 7.60. The number of hydrogen-bond donors (Lipinski definition) is 2. The molecule has 2 aromatic heterocycles. The second kappa shape index (κ2) is 8.84. The van der Waals surface area contributed by atoms with E-state index in [0.717, 1.165) is 41.2 Å². The molecule has 2 aliphatic rings. The van der Waals surface area contributed by atoms with Crippen molar-refractivity contribution in [1.82, 2.24) is 24.8 Å². The van der Waals surface area contributed by atoms with Crippen LogP contribution in [0.4, 0.5) is 0 Å². The van der Waals surface area contributed by atoms with Crippen LogP contribution in [-0.2, 0) is 4.79 Å². The monoisotopic (exact) mass is 465 g/mol. The van der Waals surface area contributed by atoms with Crippen molar-refractivity contribution < 1.29 is 4.79 Å². The second-order valence-corrected chi connectivity index (χ2v) is 10.4. The standard InChI is InChI=1S/C29H31N5O/c1-18(2)13-28(35)34-26-12-11-23(26)14-27(34)29-31-16-25(33-29)22-9-5-20(6-10-22)19-3-7-21(8-4-19)24-15-30-17-32-24/h3-10,15-18,23,26-27H,11-14H2,1-2H3,(H,30,32)(H,31,33). The number of H-pyrrole nitrogens is 2. The number of nitrogens with zero attached hydrogens (tertiary/aromatic N) is 3. The SMILES string of the molecule is CC(C)CC(=O)N1C(c2ncc(-c3ccc(-c4ccc(-c5cnc[nH]5)cc4)cc3)[nH]2)CC2CCC21. The van der Waals surface area contributed by atoms with Crippen molar-refractivity contribution in [2.45, 2.75) is 51.6 Å². The molecule has 6 nitrogen and oxygen atoms in total. The molecule has 1 amide bonds. The number of nitrogens with one attached hydrogen (secondary N) is 2. The molecule has 2 N–H and O–H groups in total. The number of aromatic amines is 2. The first kappa shape index (κ1) is 21.8. The lowest BCUT2D eigenvalue weighted by molar-refractivity contribution is -0.136. The number of imidazole rings is 2. The Morgan fingerprint density at radius 1 is 0.943 bits per heavy atom. The molecular weight excluding hydrogens is 434 g/mol. The zero-order chi connectivity index (χ0) is 23.9. The van der Waals surface area contributed by atoms with Gasteiger partial charge in [-0.15, -0.1) is 0 Å². The summed E-state index contributed by atoms with van der Waals surface area (Å²) in [6, 6.07) is 17.5. The van der Waals surface area contributed by atoms with Crippen molar-refractivity contribution >= 4 is 5.91 Å². The van der Waals surface area contributed by atoms with Crippen LogP contribution < -0.4 is 0 Å². The highest BCUT2D eigenvalue weighted by atomic mass is 16.2. The minimum absolute atomic E-state index is 0.0696. The van der Waals surface area contributed by atoms with Crippen LogP contribution in [0.3, 0.4) is 0 Å². The largest absolute Gasteiger partial charge is 0.345 e. The summed E-state index contributed by atoms with van der Waals surface area (Å²) in [7, 11) is 0. The van der Waals surface area contributed by atoms with Crippen LogP contribution in [0.5, 0.6) is 0 Å². The van der Waals surface area contributed by atoms with Crippen molar-refractivity contribution in [1.29, 1.82) is 0 Å². The van der Waals surface area contributed by atoms with E-state index in [9.17, 15) is 4.79 Å². The van der Waals surface area contributed by atoms with Gasteiger partial charge in [-0.25, -0.2) is 9.97 Å². The fraction of sp³-hybridized carbons (Fsp3) is 0.345. The molecule has 1 aliphatic carbocycles. The molecule has 2 fully saturated rings. The fourth-order valence-corrected chi connectivity index (χ4v) is 5.63. The van der Waals surface area contributed by atoms with E-state index in [1.165, 1.54) is 17.5 Å². The number of hydrogen-bond acceptors (Lipinski definition) is 3. The van der Waals surface area contributed by atoms with Crippen LogP contribution in [0.25, 0.3) is 33.6 Å². The molecule has 178 valence electrons. The lowest BCUT2D eigenvalue weighted by atomic mass is 9.80. The molecule has 4 aromatic rings. The van der Waals surface area contributed by atoms with E-state index in [2.05, 4.69) is 82.2 Å². The number of carbonyl (C=O) groups is 1. The van der Waals surface area contributed by atoms with E-state index in [0.29, 0.717) is 24.3 Å². The van der Waals surface area contributed by atoms with Crippen LogP contribution in [0, 0.1) is 11.8 Å². The highest BCUT2D eigenvalue weighted by molar-refractivity contribution is 5.78. The molecule has 2 aromatic carbocycles. The van der Waals surface area contributed by atoms with E-state index in [1.54, 1.807) is 6.33 Å². The van der Waals surface area contributed by atoms with E-state index < -0.39 is 0 Å². The predicted octanol–water partition coefficient (Wildman–Crippen LogP) is 6.23. The molecule has 3 unspecified atom stereocenters. The van der Waals surface area contributed by atoms with Gasteiger partial charge < -0.3 is 14.9 Å². The van der Waals surface area contributed by atoms with Crippen LogP contribution in [-0.4, -0.2) is 36.8 Å². The van der Waals surface area contributed by atoms with Gasteiger partial charge in [0.25, 0.3) is 0 Å². The van der Waals surface area contributed by atoms with Crippen molar-refractivity contribution in [3.05, 3.63) is 73.1 Å². The molecular formula is C29H31N5O. The molecule has 6 heteroatoms. The summed E-state index contributed by atoms with van der Waals surface area (Å²) in [5, 5.41) is 0. The number of amides is 1.